The monoisotopic (exact) mass is 233 g/mol. The van der Waals surface area contributed by atoms with Crippen LogP contribution in [-0.4, -0.2) is 29.2 Å². The average Bonchev–Trinajstić information content (AvgIpc) is 2.57. The molecule has 0 fully saturated rings. The van der Waals surface area contributed by atoms with Gasteiger partial charge in [0.05, 0.1) is 0 Å². The third kappa shape index (κ3) is 2.17. The number of anilines is 1. The van der Waals surface area contributed by atoms with E-state index in [2.05, 4.69) is 15.5 Å². The molecule has 0 radical (unpaired) electrons. The van der Waals surface area contributed by atoms with Crippen molar-refractivity contribution >= 4 is 12.1 Å². The fourth-order valence-electron chi connectivity index (χ4n) is 1.90. The lowest BCUT2D eigenvalue weighted by Gasteiger charge is -2.23. The largest absolute Gasteiger partial charge is 0.389 e. The summed E-state index contributed by atoms with van der Waals surface area (Å²) in [6, 6.07) is 0. The molecule has 1 unspecified atom stereocenters. The van der Waals surface area contributed by atoms with Gasteiger partial charge in [0.1, 0.15) is 5.69 Å². The predicted molar refractivity (Wildman–Crippen MR) is 50.3 cm³/mol. The Morgan fingerprint density at radius 1 is 1.50 bits per heavy atom. The molecule has 1 aromatic rings. The molecule has 2 N–H and O–H groups in total. The molecule has 4 nitrogen and oxygen atoms in total. The molecule has 1 aliphatic heterocycles. The standard InChI is InChI=1S/C9H10F3N3O/c10-9(11,12)2-5-1-6-7(4-16)14-15-8(6)13-3-5/h4-5H,1-3H2,(H2,13,14,15). The zero-order valence-corrected chi connectivity index (χ0v) is 8.27. The molecule has 0 aromatic carbocycles. The molecule has 0 spiro atoms. The second-order valence-corrected chi connectivity index (χ2v) is 3.85. The van der Waals surface area contributed by atoms with Crippen molar-refractivity contribution in [1.82, 2.24) is 10.2 Å². The zero-order valence-electron chi connectivity index (χ0n) is 8.27. The summed E-state index contributed by atoms with van der Waals surface area (Å²) in [4.78, 5) is 10.6. The normalized spacial score (nSPS) is 20.1. The van der Waals surface area contributed by atoms with Gasteiger partial charge in [-0.15, -0.1) is 0 Å². The Labute approximate surface area is 89.2 Å². The first-order valence-electron chi connectivity index (χ1n) is 4.82. The van der Waals surface area contributed by atoms with Gasteiger partial charge in [0.15, 0.2) is 12.1 Å². The van der Waals surface area contributed by atoms with E-state index in [-0.39, 0.29) is 18.7 Å². The Balaban J connectivity index is 2.13. The maximum Gasteiger partial charge on any atom is 0.389 e. The molecule has 0 saturated heterocycles. The van der Waals surface area contributed by atoms with Crippen LogP contribution in [0.15, 0.2) is 0 Å². The molecule has 16 heavy (non-hydrogen) atoms. The number of aromatic amines is 1. The topological polar surface area (TPSA) is 57.8 Å². The number of hydrogen-bond donors (Lipinski definition) is 2. The molecule has 88 valence electrons. The number of halogens is 3. The molecule has 0 amide bonds. The lowest BCUT2D eigenvalue weighted by Crippen LogP contribution is -2.27. The van der Waals surface area contributed by atoms with Crippen molar-refractivity contribution in [1.29, 1.82) is 0 Å². The molecule has 1 aliphatic rings. The van der Waals surface area contributed by atoms with Gasteiger partial charge in [0, 0.05) is 18.5 Å². The van der Waals surface area contributed by atoms with E-state index in [1.54, 1.807) is 0 Å². The fraction of sp³-hybridized carbons (Fsp3) is 0.556. The smallest absolute Gasteiger partial charge is 0.368 e. The van der Waals surface area contributed by atoms with Crippen LogP contribution in [0, 0.1) is 5.92 Å². The van der Waals surface area contributed by atoms with Crippen molar-refractivity contribution in [3.63, 3.8) is 0 Å². The SMILES string of the molecule is O=Cc1[nH]nc2c1CC(CC(F)(F)F)CN2. The number of carbonyl (C=O) groups excluding carboxylic acids is 1. The molecule has 1 aromatic heterocycles. The van der Waals surface area contributed by atoms with Gasteiger partial charge < -0.3 is 5.32 Å². The second kappa shape index (κ2) is 3.80. The molecule has 2 heterocycles. The summed E-state index contributed by atoms with van der Waals surface area (Å²) in [5.74, 6) is -0.0516. The summed E-state index contributed by atoms with van der Waals surface area (Å²) in [6.07, 6.45) is -4.21. The lowest BCUT2D eigenvalue weighted by atomic mass is 9.93. The minimum atomic E-state index is -4.17. The maximum absolute atomic E-state index is 12.2. The van der Waals surface area contributed by atoms with Crippen molar-refractivity contribution in [2.75, 3.05) is 11.9 Å². The van der Waals surface area contributed by atoms with Crippen molar-refractivity contribution in [2.24, 2.45) is 5.92 Å². The number of H-pyrrole nitrogens is 1. The van der Waals surface area contributed by atoms with Crippen LogP contribution in [-0.2, 0) is 6.42 Å². The van der Waals surface area contributed by atoms with Crippen molar-refractivity contribution in [3.05, 3.63) is 11.3 Å². The quantitative estimate of drug-likeness (QED) is 0.765. The number of fused-ring (bicyclic) bond motifs is 1. The highest BCUT2D eigenvalue weighted by molar-refractivity contribution is 5.77. The molecular weight excluding hydrogens is 223 g/mol. The second-order valence-electron chi connectivity index (χ2n) is 3.85. The first-order valence-corrected chi connectivity index (χ1v) is 4.82. The van der Waals surface area contributed by atoms with Crippen LogP contribution >= 0.6 is 0 Å². The third-order valence-electron chi connectivity index (χ3n) is 2.59. The zero-order chi connectivity index (χ0) is 11.8. The highest BCUT2D eigenvalue weighted by atomic mass is 19.4. The van der Waals surface area contributed by atoms with Crippen LogP contribution in [0.5, 0.6) is 0 Å². The van der Waals surface area contributed by atoms with E-state index in [0.717, 1.165) is 0 Å². The molecule has 0 aliphatic carbocycles. The van der Waals surface area contributed by atoms with E-state index in [0.29, 0.717) is 17.7 Å². The summed E-state index contributed by atoms with van der Waals surface area (Å²) in [5.41, 5.74) is 0.810. The summed E-state index contributed by atoms with van der Waals surface area (Å²) >= 11 is 0. The first kappa shape index (κ1) is 11.0. The van der Waals surface area contributed by atoms with Crippen LogP contribution in [0.3, 0.4) is 0 Å². The number of aldehydes is 1. The Hall–Kier alpha value is -1.53. The fourth-order valence-corrected chi connectivity index (χ4v) is 1.90. The summed E-state index contributed by atoms with van der Waals surface area (Å²) in [7, 11) is 0. The van der Waals surface area contributed by atoms with Gasteiger partial charge in [0.25, 0.3) is 0 Å². The molecule has 2 rings (SSSR count). The van der Waals surface area contributed by atoms with Crippen LogP contribution in [0.1, 0.15) is 22.5 Å². The molecular formula is C9H10F3N3O. The van der Waals surface area contributed by atoms with Crippen molar-refractivity contribution in [2.45, 2.75) is 19.0 Å². The number of carbonyl (C=O) groups is 1. The number of hydrogen-bond acceptors (Lipinski definition) is 3. The van der Waals surface area contributed by atoms with Gasteiger partial charge in [-0.1, -0.05) is 0 Å². The van der Waals surface area contributed by atoms with Crippen molar-refractivity contribution < 1.29 is 18.0 Å². The Morgan fingerprint density at radius 2 is 2.25 bits per heavy atom. The summed E-state index contributed by atoms with van der Waals surface area (Å²) < 4.78 is 36.6. The molecule has 1 atom stereocenters. The number of nitrogens with one attached hydrogen (secondary N) is 2. The molecule has 0 saturated carbocycles. The van der Waals surface area contributed by atoms with Gasteiger partial charge in [-0.05, 0) is 12.3 Å². The Morgan fingerprint density at radius 3 is 2.88 bits per heavy atom. The van der Waals surface area contributed by atoms with Gasteiger partial charge in [-0.2, -0.15) is 18.3 Å². The van der Waals surface area contributed by atoms with E-state index in [9.17, 15) is 18.0 Å². The predicted octanol–water partition coefficient (Wildman–Crippen LogP) is 1.76. The van der Waals surface area contributed by atoms with Gasteiger partial charge in [-0.25, -0.2) is 0 Å². The molecule has 0 bridgehead atoms. The maximum atomic E-state index is 12.2. The van der Waals surface area contributed by atoms with E-state index in [1.807, 2.05) is 0 Å². The van der Waals surface area contributed by atoms with Gasteiger partial charge in [0.2, 0.25) is 0 Å². The minimum Gasteiger partial charge on any atom is -0.368 e. The van der Waals surface area contributed by atoms with Gasteiger partial charge >= 0.3 is 6.18 Å². The van der Waals surface area contributed by atoms with E-state index in [4.69, 9.17) is 0 Å². The number of rotatable bonds is 2. The van der Waals surface area contributed by atoms with E-state index in [1.165, 1.54) is 0 Å². The first-order chi connectivity index (χ1) is 7.49. The van der Waals surface area contributed by atoms with Crippen molar-refractivity contribution in [3.8, 4) is 0 Å². The average molecular weight is 233 g/mol. The molecule has 7 heteroatoms. The van der Waals surface area contributed by atoms with Crippen LogP contribution in [0.2, 0.25) is 0 Å². The Bertz CT molecular complexity index is 399. The summed E-state index contributed by atoms with van der Waals surface area (Å²) in [6.45, 7) is 0.232. The van der Waals surface area contributed by atoms with Gasteiger partial charge in [-0.3, -0.25) is 9.89 Å². The highest BCUT2D eigenvalue weighted by Gasteiger charge is 2.34. The van der Waals surface area contributed by atoms with Crippen LogP contribution in [0.25, 0.3) is 0 Å². The number of alkyl halides is 3. The lowest BCUT2D eigenvalue weighted by molar-refractivity contribution is -0.143. The van der Waals surface area contributed by atoms with E-state index < -0.39 is 18.5 Å². The van der Waals surface area contributed by atoms with E-state index >= 15 is 0 Å². The minimum absolute atomic E-state index is 0.229. The van der Waals surface area contributed by atoms with Crippen LogP contribution < -0.4 is 5.32 Å². The van der Waals surface area contributed by atoms with Crippen LogP contribution in [0.4, 0.5) is 19.0 Å². The Kier molecular flexibility index (Phi) is 2.61. The number of aromatic nitrogens is 2. The third-order valence-corrected chi connectivity index (χ3v) is 2.59. The highest BCUT2D eigenvalue weighted by Crippen LogP contribution is 2.32. The number of nitrogens with zero attached hydrogens (tertiary/aromatic N) is 1. The summed E-state index contributed by atoms with van der Waals surface area (Å²) in [5, 5.41) is 9.09.